The number of halogens is 2. The number of hydrogen-bond donors (Lipinski definition) is 1. The lowest BCUT2D eigenvalue weighted by molar-refractivity contribution is -0.129. The molecule has 1 aliphatic heterocycles. The highest BCUT2D eigenvalue weighted by atomic mass is 35.5. The van der Waals surface area contributed by atoms with Gasteiger partial charge in [0, 0.05) is 37.2 Å². The second kappa shape index (κ2) is 10.4. The van der Waals surface area contributed by atoms with Crippen LogP contribution in [0.1, 0.15) is 13.3 Å². The molecule has 1 fully saturated rings. The molecule has 0 bridgehead atoms. The Bertz CT molecular complexity index is 1160. The van der Waals surface area contributed by atoms with Crippen LogP contribution in [0.5, 0.6) is 11.5 Å². The number of aromatic nitrogens is 2. The molecule has 33 heavy (non-hydrogen) atoms. The van der Waals surface area contributed by atoms with Crippen molar-refractivity contribution < 1.29 is 19.0 Å². The number of nitrogens with zero attached hydrogens (tertiary/aromatic N) is 3. The second-order valence-corrected chi connectivity index (χ2v) is 8.43. The SMILES string of the molecule is COc1cc2c(Nc3ccc(Cl)c(Cl)c3)ncnc2cc1OCC1CN(C(C)=O)CCCO1. The zero-order valence-electron chi connectivity index (χ0n) is 18.3. The zero-order valence-corrected chi connectivity index (χ0v) is 19.8. The summed E-state index contributed by atoms with van der Waals surface area (Å²) >= 11 is 12.1. The molecule has 0 spiro atoms. The van der Waals surface area contributed by atoms with Crippen LogP contribution in [-0.2, 0) is 9.53 Å². The van der Waals surface area contributed by atoms with Gasteiger partial charge in [-0.25, -0.2) is 9.97 Å². The summed E-state index contributed by atoms with van der Waals surface area (Å²) in [6, 6.07) is 8.87. The van der Waals surface area contributed by atoms with Gasteiger partial charge < -0.3 is 24.4 Å². The lowest BCUT2D eigenvalue weighted by Crippen LogP contribution is -2.37. The number of carbonyl (C=O) groups excluding carboxylic acids is 1. The Morgan fingerprint density at radius 1 is 1.21 bits per heavy atom. The Labute approximate surface area is 201 Å². The summed E-state index contributed by atoms with van der Waals surface area (Å²) in [7, 11) is 1.57. The monoisotopic (exact) mass is 490 g/mol. The second-order valence-electron chi connectivity index (χ2n) is 7.62. The first-order valence-electron chi connectivity index (χ1n) is 10.5. The average molecular weight is 491 g/mol. The van der Waals surface area contributed by atoms with Gasteiger partial charge in [0.15, 0.2) is 11.5 Å². The van der Waals surface area contributed by atoms with Crippen molar-refractivity contribution in [2.45, 2.75) is 19.4 Å². The standard InChI is InChI=1S/C23H24Cl2N4O4/c1-14(30)29-6-3-7-32-16(11-29)12-33-22-10-20-17(9-21(22)31-2)23(27-13-26-20)28-15-4-5-18(24)19(25)8-15/h4-5,8-10,13,16H,3,6-7,11-12H2,1-2H3,(H,26,27,28). The average Bonchev–Trinajstić information content (AvgIpc) is 3.06. The first-order chi connectivity index (χ1) is 15.9. The Hall–Kier alpha value is -2.81. The molecule has 1 unspecified atom stereocenters. The number of methoxy groups -OCH3 is 1. The Kier molecular flexibility index (Phi) is 7.37. The fourth-order valence-corrected chi connectivity index (χ4v) is 3.91. The molecule has 1 atom stereocenters. The number of fused-ring (bicyclic) bond motifs is 1. The van der Waals surface area contributed by atoms with Gasteiger partial charge in [-0.1, -0.05) is 23.2 Å². The summed E-state index contributed by atoms with van der Waals surface area (Å²) in [5.74, 6) is 1.69. The van der Waals surface area contributed by atoms with E-state index in [1.807, 2.05) is 12.1 Å². The minimum atomic E-state index is -0.228. The summed E-state index contributed by atoms with van der Waals surface area (Å²) in [6.45, 7) is 3.62. The van der Waals surface area contributed by atoms with Crippen molar-refractivity contribution in [1.82, 2.24) is 14.9 Å². The molecule has 1 aliphatic rings. The maximum Gasteiger partial charge on any atom is 0.219 e. The molecule has 174 valence electrons. The lowest BCUT2D eigenvalue weighted by atomic mass is 10.2. The molecule has 0 aliphatic carbocycles. The van der Waals surface area contributed by atoms with Gasteiger partial charge in [0.2, 0.25) is 5.91 Å². The molecule has 1 saturated heterocycles. The minimum Gasteiger partial charge on any atom is -0.493 e. The van der Waals surface area contributed by atoms with Crippen molar-refractivity contribution in [3.8, 4) is 11.5 Å². The molecular weight excluding hydrogens is 467 g/mol. The maximum absolute atomic E-state index is 11.8. The summed E-state index contributed by atoms with van der Waals surface area (Å²) < 4.78 is 17.5. The summed E-state index contributed by atoms with van der Waals surface area (Å²) in [4.78, 5) is 22.3. The highest BCUT2D eigenvalue weighted by molar-refractivity contribution is 6.42. The van der Waals surface area contributed by atoms with Crippen LogP contribution in [0.25, 0.3) is 10.9 Å². The van der Waals surface area contributed by atoms with Gasteiger partial charge in [0.25, 0.3) is 0 Å². The number of benzene rings is 2. The van der Waals surface area contributed by atoms with Crippen LogP contribution in [0, 0.1) is 0 Å². The highest BCUT2D eigenvalue weighted by Gasteiger charge is 2.22. The van der Waals surface area contributed by atoms with Gasteiger partial charge in [-0.2, -0.15) is 0 Å². The predicted molar refractivity (Wildman–Crippen MR) is 128 cm³/mol. The quantitative estimate of drug-likeness (QED) is 0.535. The topological polar surface area (TPSA) is 85.8 Å². The third kappa shape index (κ3) is 5.58. The summed E-state index contributed by atoms with van der Waals surface area (Å²) in [5.41, 5.74) is 1.42. The van der Waals surface area contributed by atoms with Crippen molar-refractivity contribution in [3.63, 3.8) is 0 Å². The Morgan fingerprint density at radius 2 is 2.06 bits per heavy atom. The van der Waals surface area contributed by atoms with E-state index >= 15 is 0 Å². The van der Waals surface area contributed by atoms with Crippen molar-refractivity contribution >= 4 is 51.5 Å². The normalized spacial score (nSPS) is 16.4. The Balaban J connectivity index is 1.56. The van der Waals surface area contributed by atoms with Crippen LogP contribution in [0.2, 0.25) is 10.0 Å². The number of hydrogen-bond acceptors (Lipinski definition) is 7. The molecule has 2 aromatic carbocycles. The number of nitrogens with one attached hydrogen (secondary N) is 1. The highest BCUT2D eigenvalue weighted by Crippen LogP contribution is 2.35. The van der Waals surface area contributed by atoms with E-state index in [0.29, 0.717) is 52.6 Å². The van der Waals surface area contributed by atoms with Gasteiger partial charge >= 0.3 is 0 Å². The maximum atomic E-state index is 11.8. The summed E-state index contributed by atoms with van der Waals surface area (Å²) in [6.07, 6.45) is 2.05. The smallest absolute Gasteiger partial charge is 0.219 e. The van der Waals surface area contributed by atoms with Crippen LogP contribution in [0.15, 0.2) is 36.7 Å². The van der Waals surface area contributed by atoms with E-state index in [9.17, 15) is 4.79 Å². The fraction of sp³-hybridized carbons (Fsp3) is 0.348. The van der Waals surface area contributed by atoms with Gasteiger partial charge in [-0.15, -0.1) is 0 Å². The van der Waals surface area contributed by atoms with E-state index < -0.39 is 0 Å². The summed E-state index contributed by atoms with van der Waals surface area (Å²) in [5, 5.41) is 4.91. The number of ether oxygens (including phenoxy) is 3. The lowest BCUT2D eigenvalue weighted by Gasteiger charge is -2.23. The molecule has 0 radical (unpaired) electrons. The number of anilines is 2. The van der Waals surface area contributed by atoms with Crippen molar-refractivity contribution in [3.05, 3.63) is 46.7 Å². The van der Waals surface area contributed by atoms with Gasteiger partial charge in [0.05, 0.1) is 29.2 Å². The molecule has 8 nitrogen and oxygen atoms in total. The zero-order chi connectivity index (χ0) is 23.4. The third-order valence-electron chi connectivity index (χ3n) is 5.32. The van der Waals surface area contributed by atoms with Crippen LogP contribution in [0.4, 0.5) is 11.5 Å². The van der Waals surface area contributed by atoms with E-state index in [-0.39, 0.29) is 18.6 Å². The van der Waals surface area contributed by atoms with Crippen molar-refractivity contribution in [2.75, 3.05) is 38.7 Å². The van der Waals surface area contributed by atoms with Gasteiger partial charge in [-0.05, 0) is 30.7 Å². The number of carbonyl (C=O) groups is 1. The molecule has 4 rings (SSSR count). The largest absolute Gasteiger partial charge is 0.493 e. The van der Waals surface area contributed by atoms with Gasteiger partial charge in [-0.3, -0.25) is 4.79 Å². The number of amides is 1. The molecule has 1 amide bonds. The first-order valence-corrected chi connectivity index (χ1v) is 11.2. The minimum absolute atomic E-state index is 0.0347. The van der Waals surface area contributed by atoms with Crippen LogP contribution in [-0.4, -0.2) is 60.3 Å². The molecule has 10 heteroatoms. The van der Waals surface area contributed by atoms with E-state index in [0.717, 1.165) is 17.5 Å². The van der Waals surface area contributed by atoms with E-state index in [1.165, 1.54) is 6.33 Å². The van der Waals surface area contributed by atoms with Crippen molar-refractivity contribution in [2.24, 2.45) is 0 Å². The first kappa shape index (κ1) is 23.4. The van der Waals surface area contributed by atoms with E-state index in [2.05, 4.69) is 15.3 Å². The van der Waals surface area contributed by atoms with E-state index in [4.69, 9.17) is 37.4 Å². The van der Waals surface area contributed by atoms with Crippen LogP contribution >= 0.6 is 23.2 Å². The molecule has 3 aromatic rings. The third-order valence-corrected chi connectivity index (χ3v) is 6.06. The van der Waals surface area contributed by atoms with Gasteiger partial charge in [0.1, 0.15) is 24.9 Å². The molecule has 1 N–H and O–H groups in total. The molecule has 2 heterocycles. The molecule has 0 saturated carbocycles. The Morgan fingerprint density at radius 3 is 2.82 bits per heavy atom. The van der Waals surface area contributed by atoms with E-state index in [1.54, 1.807) is 37.1 Å². The fourth-order valence-electron chi connectivity index (χ4n) is 3.61. The number of rotatable bonds is 6. The van der Waals surface area contributed by atoms with Crippen LogP contribution < -0.4 is 14.8 Å². The molecular formula is C23H24Cl2N4O4. The molecule has 1 aromatic heterocycles. The van der Waals surface area contributed by atoms with Crippen LogP contribution in [0.3, 0.4) is 0 Å². The predicted octanol–water partition coefficient (Wildman–Crippen LogP) is 4.71. The van der Waals surface area contributed by atoms with Crippen molar-refractivity contribution in [1.29, 1.82) is 0 Å².